The first kappa shape index (κ1) is 17.3. The molecule has 0 aliphatic carbocycles. The van der Waals surface area contributed by atoms with Crippen molar-refractivity contribution in [1.82, 2.24) is 10.6 Å². The zero-order valence-corrected chi connectivity index (χ0v) is 12.4. The Morgan fingerprint density at radius 2 is 2.00 bits per heavy atom. The number of benzene rings is 1. The van der Waals surface area contributed by atoms with Crippen LogP contribution in [0.3, 0.4) is 0 Å². The molecule has 2 N–H and O–H groups in total. The van der Waals surface area contributed by atoms with Crippen LogP contribution in [0.15, 0.2) is 29.3 Å². The molecule has 0 amide bonds. The van der Waals surface area contributed by atoms with Crippen molar-refractivity contribution in [3.05, 3.63) is 35.4 Å². The number of halogens is 3. The van der Waals surface area contributed by atoms with Gasteiger partial charge in [-0.05, 0) is 25.8 Å². The van der Waals surface area contributed by atoms with E-state index in [1.54, 1.807) is 0 Å². The van der Waals surface area contributed by atoms with Crippen molar-refractivity contribution in [1.29, 1.82) is 0 Å². The molecule has 0 bridgehead atoms. The van der Waals surface area contributed by atoms with E-state index in [9.17, 15) is 13.2 Å². The highest BCUT2D eigenvalue weighted by molar-refractivity contribution is 5.79. The number of alkyl halides is 3. The van der Waals surface area contributed by atoms with Gasteiger partial charge in [-0.3, -0.25) is 4.99 Å². The molecule has 1 aromatic carbocycles. The zero-order valence-electron chi connectivity index (χ0n) is 12.4. The molecule has 0 aliphatic rings. The predicted octanol–water partition coefficient (Wildman–Crippen LogP) is 3.05. The fraction of sp³-hybridized carbons (Fsp3) is 0.533. The molecule has 0 saturated carbocycles. The lowest BCUT2D eigenvalue weighted by atomic mass is 10.1. The van der Waals surface area contributed by atoms with Gasteiger partial charge >= 0.3 is 6.18 Å². The molecule has 118 valence electrons. The number of nitrogens with zero attached hydrogens (tertiary/aromatic N) is 1. The topological polar surface area (TPSA) is 36.4 Å². The molecule has 0 aromatic heterocycles. The molecule has 0 fully saturated rings. The first-order valence-corrected chi connectivity index (χ1v) is 7.05. The molecule has 0 radical (unpaired) electrons. The third kappa shape index (κ3) is 8.22. The van der Waals surface area contributed by atoms with Crippen LogP contribution in [0.1, 0.15) is 24.5 Å². The summed E-state index contributed by atoms with van der Waals surface area (Å²) in [6.45, 7) is 4.88. The minimum absolute atomic E-state index is 0.261. The molecule has 1 aromatic rings. The monoisotopic (exact) mass is 301 g/mol. The van der Waals surface area contributed by atoms with E-state index in [1.165, 1.54) is 11.1 Å². The number of hydrogen-bond donors (Lipinski definition) is 2. The van der Waals surface area contributed by atoms with Crippen LogP contribution >= 0.6 is 0 Å². The summed E-state index contributed by atoms with van der Waals surface area (Å²) in [4.78, 5) is 3.92. The lowest BCUT2D eigenvalue weighted by Crippen LogP contribution is -2.38. The molecule has 0 heterocycles. The van der Waals surface area contributed by atoms with Crippen molar-refractivity contribution in [2.24, 2.45) is 4.99 Å². The molecular weight excluding hydrogens is 279 g/mol. The first-order chi connectivity index (χ1) is 9.90. The summed E-state index contributed by atoms with van der Waals surface area (Å²) < 4.78 is 36.3. The van der Waals surface area contributed by atoms with Crippen LogP contribution in [0.25, 0.3) is 0 Å². The Bertz CT molecular complexity index is 456. The number of rotatable bonds is 6. The van der Waals surface area contributed by atoms with Crippen LogP contribution in [0, 0.1) is 6.92 Å². The van der Waals surface area contributed by atoms with Gasteiger partial charge in [0, 0.05) is 13.1 Å². The van der Waals surface area contributed by atoms with Gasteiger partial charge < -0.3 is 10.6 Å². The van der Waals surface area contributed by atoms with E-state index in [4.69, 9.17) is 0 Å². The van der Waals surface area contributed by atoms with Crippen LogP contribution in [0.4, 0.5) is 13.2 Å². The third-order valence-electron chi connectivity index (χ3n) is 2.80. The van der Waals surface area contributed by atoms with Gasteiger partial charge in [0.15, 0.2) is 5.96 Å². The zero-order chi connectivity index (χ0) is 15.7. The standard InChI is InChI=1S/C15H22F3N3/c1-3-19-14(21-10-8-15(16,17)18)20-9-7-13-6-4-5-12(2)11-13/h4-6,11H,3,7-10H2,1-2H3,(H2,19,20,21). The molecule has 1 rings (SSSR count). The van der Waals surface area contributed by atoms with Crippen LogP contribution in [0.5, 0.6) is 0 Å². The van der Waals surface area contributed by atoms with E-state index in [2.05, 4.69) is 21.7 Å². The quantitative estimate of drug-likeness (QED) is 0.626. The van der Waals surface area contributed by atoms with Crippen molar-refractivity contribution < 1.29 is 13.2 Å². The summed E-state index contributed by atoms with van der Waals surface area (Å²) in [6, 6.07) is 8.14. The van der Waals surface area contributed by atoms with E-state index < -0.39 is 12.6 Å². The fourth-order valence-corrected chi connectivity index (χ4v) is 1.83. The van der Waals surface area contributed by atoms with Crippen LogP contribution < -0.4 is 10.6 Å². The highest BCUT2D eigenvalue weighted by Crippen LogP contribution is 2.18. The number of aryl methyl sites for hydroxylation is 1. The summed E-state index contributed by atoms with van der Waals surface area (Å²) in [6.07, 6.45) is -4.27. The second kappa shape index (κ2) is 8.54. The lowest BCUT2D eigenvalue weighted by Gasteiger charge is -2.12. The minimum atomic E-state index is -4.16. The van der Waals surface area contributed by atoms with Crippen LogP contribution in [0.2, 0.25) is 0 Å². The van der Waals surface area contributed by atoms with Gasteiger partial charge in [-0.25, -0.2) is 0 Å². The summed E-state index contributed by atoms with van der Waals surface area (Å²) in [5.74, 6) is 0.425. The van der Waals surface area contributed by atoms with Crippen molar-refractivity contribution in [3.63, 3.8) is 0 Å². The average Bonchev–Trinajstić information content (AvgIpc) is 2.37. The van der Waals surface area contributed by atoms with Gasteiger partial charge in [0.2, 0.25) is 0 Å². The molecule has 3 nitrogen and oxygen atoms in total. The maximum atomic E-state index is 12.1. The van der Waals surface area contributed by atoms with Gasteiger partial charge in [0.05, 0.1) is 13.0 Å². The van der Waals surface area contributed by atoms with Gasteiger partial charge in [-0.15, -0.1) is 0 Å². The molecule has 21 heavy (non-hydrogen) atoms. The van der Waals surface area contributed by atoms with Crippen molar-refractivity contribution in [3.8, 4) is 0 Å². The Morgan fingerprint density at radius 1 is 1.24 bits per heavy atom. The number of guanidine groups is 1. The Kier molecular flexibility index (Phi) is 7.05. The molecular formula is C15H22F3N3. The minimum Gasteiger partial charge on any atom is -0.357 e. The maximum Gasteiger partial charge on any atom is 0.390 e. The molecule has 0 aliphatic heterocycles. The SMILES string of the molecule is CCNC(=NCCC(F)(F)F)NCCc1cccc(C)c1. The van der Waals surface area contributed by atoms with Gasteiger partial charge in [0.25, 0.3) is 0 Å². The Morgan fingerprint density at radius 3 is 2.62 bits per heavy atom. The van der Waals surface area contributed by atoms with Crippen molar-refractivity contribution >= 4 is 5.96 Å². The summed E-state index contributed by atoms with van der Waals surface area (Å²) in [7, 11) is 0. The Hall–Kier alpha value is -1.72. The largest absolute Gasteiger partial charge is 0.390 e. The van der Waals surface area contributed by atoms with E-state index >= 15 is 0 Å². The maximum absolute atomic E-state index is 12.1. The number of nitrogens with one attached hydrogen (secondary N) is 2. The highest BCUT2D eigenvalue weighted by atomic mass is 19.4. The van der Waals surface area contributed by atoms with Crippen LogP contribution in [-0.4, -0.2) is 31.8 Å². The second-order valence-corrected chi connectivity index (χ2v) is 4.79. The van der Waals surface area contributed by atoms with E-state index in [0.717, 1.165) is 6.42 Å². The molecule has 0 saturated heterocycles. The molecule has 6 heteroatoms. The first-order valence-electron chi connectivity index (χ1n) is 7.05. The number of aliphatic imine (C=N–C) groups is 1. The van der Waals surface area contributed by atoms with Crippen LogP contribution in [-0.2, 0) is 6.42 Å². The highest BCUT2D eigenvalue weighted by Gasteiger charge is 2.26. The second-order valence-electron chi connectivity index (χ2n) is 4.79. The summed E-state index contributed by atoms with van der Waals surface area (Å²) >= 11 is 0. The summed E-state index contributed by atoms with van der Waals surface area (Å²) in [5.41, 5.74) is 2.38. The van der Waals surface area contributed by atoms with Crippen molar-refractivity contribution in [2.45, 2.75) is 32.9 Å². The molecule has 0 spiro atoms. The Labute approximate surface area is 123 Å². The normalized spacial score (nSPS) is 12.3. The third-order valence-corrected chi connectivity index (χ3v) is 2.80. The average molecular weight is 301 g/mol. The van der Waals surface area contributed by atoms with Gasteiger partial charge in [0.1, 0.15) is 0 Å². The van der Waals surface area contributed by atoms with E-state index in [1.807, 2.05) is 32.0 Å². The fourth-order valence-electron chi connectivity index (χ4n) is 1.83. The number of hydrogen-bond acceptors (Lipinski definition) is 1. The smallest absolute Gasteiger partial charge is 0.357 e. The van der Waals surface area contributed by atoms with Gasteiger partial charge in [-0.1, -0.05) is 29.8 Å². The molecule has 0 unspecified atom stereocenters. The lowest BCUT2D eigenvalue weighted by molar-refractivity contribution is -0.132. The van der Waals surface area contributed by atoms with Crippen molar-refractivity contribution in [2.75, 3.05) is 19.6 Å². The van der Waals surface area contributed by atoms with E-state index in [-0.39, 0.29) is 6.54 Å². The van der Waals surface area contributed by atoms with E-state index in [0.29, 0.717) is 19.0 Å². The Balaban J connectivity index is 2.41. The summed E-state index contributed by atoms with van der Waals surface area (Å²) in [5, 5.41) is 5.98. The molecule has 0 atom stereocenters. The predicted molar refractivity (Wildman–Crippen MR) is 79.5 cm³/mol. The van der Waals surface area contributed by atoms with Gasteiger partial charge in [-0.2, -0.15) is 13.2 Å².